The molecule has 1 unspecified atom stereocenters. The average molecular weight is 201 g/mol. The number of benzene rings is 1. The van der Waals surface area contributed by atoms with Gasteiger partial charge < -0.3 is 0 Å². The van der Waals surface area contributed by atoms with Crippen molar-refractivity contribution in [2.24, 2.45) is 5.92 Å². The molecule has 1 atom stereocenters. The monoisotopic (exact) mass is 201 g/mol. The number of nitrogens with zero attached hydrogens (tertiary/aromatic N) is 1. The molecule has 1 aromatic rings. The first-order valence-electron chi connectivity index (χ1n) is 5.55. The summed E-state index contributed by atoms with van der Waals surface area (Å²) in [5.41, 5.74) is 2.47. The van der Waals surface area contributed by atoms with Crippen molar-refractivity contribution in [3.63, 3.8) is 0 Å². The van der Waals surface area contributed by atoms with Gasteiger partial charge >= 0.3 is 0 Å². The normalized spacial score (nSPS) is 12.9. The van der Waals surface area contributed by atoms with Crippen LogP contribution in [0.25, 0.3) is 0 Å². The van der Waals surface area contributed by atoms with Crippen LogP contribution in [0.5, 0.6) is 0 Å². The molecule has 0 heterocycles. The molecular formula is C14H19N. The first kappa shape index (κ1) is 11.8. The highest BCUT2D eigenvalue weighted by molar-refractivity contribution is 5.30. The maximum Gasteiger partial charge on any atom is 0.0735 e. The van der Waals surface area contributed by atoms with Crippen molar-refractivity contribution < 1.29 is 0 Å². The molecule has 0 radical (unpaired) electrons. The predicted molar refractivity (Wildman–Crippen MR) is 63.7 cm³/mol. The second kappa shape index (κ2) is 4.98. The zero-order chi connectivity index (χ0) is 11.4. The molecule has 1 heteroatoms. The molecule has 0 N–H and O–H groups in total. The first-order chi connectivity index (χ1) is 7.06. The zero-order valence-electron chi connectivity index (χ0n) is 9.99. The molecule has 1 nitrogen and oxygen atoms in total. The van der Waals surface area contributed by atoms with Crippen LogP contribution in [-0.2, 0) is 0 Å². The summed E-state index contributed by atoms with van der Waals surface area (Å²) >= 11 is 0. The Kier molecular flexibility index (Phi) is 3.91. The van der Waals surface area contributed by atoms with Crippen molar-refractivity contribution in [1.29, 1.82) is 5.26 Å². The first-order valence-corrected chi connectivity index (χ1v) is 5.55. The van der Waals surface area contributed by atoms with Gasteiger partial charge in [0, 0.05) is 0 Å². The lowest BCUT2D eigenvalue weighted by Gasteiger charge is -2.14. The molecule has 0 saturated heterocycles. The lowest BCUT2D eigenvalue weighted by atomic mass is 9.88. The largest absolute Gasteiger partial charge is 0.198 e. The Morgan fingerprint density at radius 3 is 1.73 bits per heavy atom. The molecule has 0 saturated carbocycles. The van der Waals surface area contributed by atoms with E-state index in [2.05, 4.69) is 58.0 Å². The molecule has 0 amide bonds. The highest BCUT2D eigenvalue weighted by Crippen LogP contribution is 2.25. The van der Waals surface area contributed by atoms with Crippen LogP contribution >= 0.6 is 0 Å². The van der Waals surface area contributed by atoms with E-state index in [9.17, 15) is 0 Å². The van der Waals surface area contributed by atoms with Crippen LogP contribution in [0.2, 0.25) is 0 Å². The molecule has 0 aliphatic heterocycles. The van der Waals surface area contributed by atoms with Crippen molar-refractivity contribution in [3.05, 3.63) is 35.4 Å². The van der Waals surface area contributed by atoms with Crippen molar-refractivity contribution in [2.75, 3.05) is 0 Å². The summed E-state index contributed by atoms with van der Waals surface area (Å²) < 4.78 is 0. The molecule has 0 bridgehead atoms. The Balaban J connectivity index is 2.93. The Labute approximate surface area is 92.7 Å². The smallest absolute Gasteiger partial charge is 0.0735 e. The standard InChI is InChI=1S/C14H19N/c1-10(2)12-5-7-13(8-6-12)14(9-15)11(3)4/h5-8,10-11,14H,1-4H3. The van der Waals surface area contributed by atoms with E-state index in [4.69, 9.17) is 5.26 Å². The highest BCUT2D eigenvalue weighted by Gasteiger charge is 2.14. The third kappa shape index (κ3) is 2.83. The lowest BCUT2D eigenvalue weighted by molar-refractivity contribution is 0.587. The van der Waals surface area contributed by atoms with E-state index in [-0.39, 0.29) is 5.92 Å². The van der Waals surface area contributed by atoms with Crippen LogP contribution in [0.3, 0.4) is 0 Å². The highest BCUT2D eigenvalue weighted by atomic mass is 14.3. The maximum absolute atomic E-state index is 9.08. The summed E-state index contributed by atoms with van der Waals surface area (Å²) in [4.78, 5) is 0. The number of hydrogen-bond acceptors (Lipinski definition) is 1. The van der Waals surface area contributed by atoms with Crippen molar-refractivity contribution in [3.8, 4) is 6.07 Å². The second-order valence-electron chi connectivity index (χ2n) is 4.67. The van der Waals surface area contributed by atoms with Crippen LogP contribution < -0.4 is 0 Å². The molecule has 1 aromatic carbocycles. The SMILES string of the molecule is CC(C)c1ccc(C(C#N)C(C)C)cc1. The summed E-state index contributed by atoms with van der Waals surface area (Å²) in [6, 6.07) is 10.8. The fourth-order valence-corrected chi connectivity index (χ4v) is 1.70. The van der Waals surface area contributed by atoms with E-state index in [0.29, 0.717) is 11.8 Å². The van der Waals surface area contributed by atoms with Crippen molar-refractivity contribution in [2.45, 2.75) is 39.5 Å². The third-order valence-corrected chi connectivity index (χ3v) is 2.77. The predicted octanol–water partition coefficient (Wildman–Crippen LogP) is 4.07. The summed E-state index contributed by atoms with van der Waals surface area (Å²) in [6.45, 7) is 8.53. The number of nitriles is 1. The quantitative estimate of drug-likeness (QED) is 0.723. The minimum atomic E-state index is 0.0196. The van der Waals surface area contributed by atoms with Gasteiger partial charge in [0.25, 0.3) is 0 Å². The molecule has 0 fully saturated rings. The summed E-state index contributed by atoms with van der Waals surface area (Å²) in [5, 5.41) is 9.08. The molecule has 0 aliphatic carbocycles. The van der Waals surface area contributed by atoms with Gasteiger partial charge in [0.05, 0.1) is 12.0 Å². The Bertz CT molecular complexity index is 341. The maximum atomic E-state index is 9.08. The van der Waals surface area contributed by atoms with Gasteiger partial charge in [-0.05, 0) is 23.0 Å². The van der Waals surface area contributed by atoms with Gasteiger partial charge in [0.15, 0.2) is 0 Å². The van der Waals surface area contributed by atoms with E-state index in [1.807, 2.05) is 0 Å². The van der Waals surface area contributed by atoms with Gasteiger partial charge in [0.1, 0.15) is 0 Å². The van der Waals surface area contributed by atoms with Crippen molar-refractivity contribution in [1.82, 2.24) is 0 Å². The molecule has 0 aromatic heterocycles. The Morgan fingerprint density at radius 2 is 1.40 bits per heavy atom. The molecule has 0 spiro atoms. The average Bonchev–Trinajstić information content (AvgIpc) is 2.19. The Morgan fingerprint density at radius 1 is 0.933 bits per heavy atom. The second-order valence-corrected chi connectivity index (χ2v) is 4.67. The van der Waals surface area contributed by atoms with Gasteiger partial charge in [-0.3, -0.25) is 0 Å². The number of rotatable bonds is 3. The van der Waals surface area contributed by atoms with Crippen LogP contribution in [-0.4, -0.2) is 0 Å². The van der Waals surface area contributed by atoms with E-state index in [1.54, 1.807) is 0 Å². The number of hydrogen-bond donors (Lipinski definition) is 0. The summed E-state index contributed by atoms with van der Waals surface area (Å²) in [5.74, 6) is 0.949. The topological polar surface area (TPSA) is 23.8 Å². The zero-order valence-corrected chi connectivity index (χ0v) is 9.99. The third-order valence-electron chi connectivity index (χ3n) is 2.77. The van der Waals surface area contributed by atoms with Crippen molar-refractivity contribution >= 4 is 0 Å². The summed E-state index contributed by atoms with van der Waals surface area (Å²) in [6.07, 6.45) is 0. The molecular weight excluding hydrogens is 182 g/mol. The van der Waals surface area contributed by atoms with Crippen LogP contribution in [0.1, 0.15) is 50.7 Å². The molecule has 80 valence electrons. The minimum Gasteiger partial charge on any atom is -0.198 e. The van der Waals surface area contributed by atoms with Crippen LogP contribution in [0, 0.1) is 17.2 Å². The van der Waals surface area contributed by atoms with E-state index in [0.717, 1.165) is 5.56 Å². The molecule has 15 heavy (non-hydrogen) atoms. The van der Waals surface area contributed by atoms with E-state index >= 15 is 0 Å². The molecule has 1 rings (SSSR count). The lowest BCUT2D eigenvalue weighted by Crippen LogP contribution is -2.04. The van der Waals surface area contributed by atoms with Gasteiger partial charge in [-0.15, -0.1) is 0 Å². The van der Waals surface area contributed by atoms with Crippen LogP contribution in [0.15, 0.2) is 24.3 Å². The molecule has 0 aliphatic rings. The fourth-order valence-electron chi connectivity index (χ4n) is 1.70. The van der Waals surface area contributed by atoms with E-state index < -0.39 is 0 Å². The minimum absolute atomic E-state index is 0.0196. The van der Waals surface area contributed by atoms with Gasteiger partial charge in [-0.25, -0.2) is 0 Å². The Hall–Kier alpha value is -1.29. The fraction of sp³-hybridized carbons (Fsp3) is 0.500. The summed E-state index contributed by atoms with van der Waals surface area (Å²) in [7, 11) is 0. The van der Waals surface area contributed by atoms with Gasteiger partial charge in [-0.1, -0.05) is 52.0 Å². The van der Waals surface area contributed by atoms with Crippen LogP contribution in [0.4, 0.5) is 0 Å². The van der Waals surface area contributed by atoms with Gasteiger partial charge in [0.2, 0.25) is 0 Å². The van der Waals surface area contributed by atoms with Gasteiger partial charge in [-0.2, -0.15) is 5.26 Å². The van der Waals surface area contributed by atoms with E-state index in [1.165, 1.54) is 5.56 Å².